The van der Waals surface area contributed by atoms with Gasteiger partial charge in [0.25, 0.3) is 10.0 Å². The zero-order chi connectivity index (χ0) is 26.1. The van der Waals surface area contributed by atoms with Crippen LogP contribution >= 0.6 is 11.6 Å². The molecule has 1 saturated heterocycles. The minimum absolute atomic E-state index is 0.0243. The van der Waals surface area contributed by atoms with E-state index >= 15 is 0 Å². The number of rotatable bonds is 7. The molecule has 0 bridgehead atoms. The number of ether oxygens (including phenoxy) is 1. The molecule has 4 rings (SSSR count). The van der Waals surface area contributed by atoms with Gasteiger partial charge < -0.3 is 14.6 Å². The smallest absolute Gasteiger partial charge is 0.261 e. The molecule has 2 N–H and O–H groups in total. The molecule has 194 valence electrons. The van der Waals surface area contributed by atoms with Gasteiger partial charge in [-0.2, -0.15) is 0 Å². The van der Waals surface area contributed by atoms with Crippen LogP contribution in [0, 0.1) is 5.82 Å². The molecule has 2 heterocycles. The van der Waals surface area contributed by atoms with E-state index in [1.807, 2.05) is 20.8 Å². The van der Waals surface area contributed by atoms with Crippen molar-refractivity contribution in [3.63, 3.8) is 0 Å². The SMILES string of the molecule is Cn1c(CNC2CCOCC2)nnc1-c1cc(Cl)c(F)cc1NS(=O)(=O)c1ccc(C(C)(C)C)cc1. The lowest BCUT2D eigenvalue weighted by Gasteiger charge is -2.22. The Bertz CT molecular complexity index is 1330. The van der Waals surface area contributed by atoms with Gasteiger partial charge in [0, 0.05) is 37.9 Å². The Hall–Kier alpha value is -2.53. The van der Waals surface area contributed by atoms with Crippen molar-refractivity contribution in [1.82, 2.24) is 20.1 Å². The van der Waals surface area contributed by atoms with Crippen LogP contribution in [0.1, 0.15) is 45.0 Å². The molecule has 0 unspecified atom stereocenters. The van der Waals surface area contributed by atoms with Gasteiger partial charge in [0.1, 0.15) is 11.6 Å². The predicted octanol–water partition coefficient (Wildman–Crippen LogP) is 4.64. The van der Waals surface area contributed by atoms with Crippen LogP contribution in [0.15, 0.2) is 41.3 Å². The summed E-state index contributed by atoms with van der Waals surface area (Å²) in [6.45, 7) is 8.06. The second-order valence-corrected chi connectivity index (χ2v) is 12.0. The minimum atomic E-state index is -4.01. The molecule has 1 aliphatic heterocycles. The summed E-state index contributed by atoms with van der Waals surface area (Å²) >= 11 is 6.07. The third-order valence-corrected chi connectivity index (χ3v) is 7.98. The van der Waals surface area contributed by atoms with E-state index in [-0.39, 0.29) is 21.0 Å². The summed E-state index contributed by atoms with van der Waals surface area (Å²) in [4.78, 5) is 0.0659. The van der Waals surface area contributed by atoms with E-state index in [9.17, 15) is 12.8 Å². The highest BCUT2D eigenvalue weighted by Gasteiger charge is 2.23. The van der Waals surface area contributed by atoms with Crippen LogP contribution in [0.2, 0.25) is 5.02 Å². The Morgan fingerprint density at radius 1 is 1.14 bits per heavy atom. The standard InChI is InChI=1S/C25H31ClFN5O3S/c1-25(2,3)16-5-7-18(8-6-16)36(33,34)31-22-14-21(27)20(26)13-19(22)24-30-29-23(32(24)4)15-28-17-9-11-35-12-10-17/h5-8,13-14,17,28,31H,9-12,15H2,1-4H3. The van der Waals surface area contributed by atoms with Gasteiger partial charge in [-0.1, -0.05) is 44.5 Å². The number of aromatic nitrogens is 3. The van der Waals surface area contributed by atoms with E-state index in [2.05, 4.69) is 20.2 Å². The fourth-order valence-electron chi connectivity index (χ4n) is 4.04. The number of sulfonamides is 1. The maximum atomic E-state index is 14.4. The van der Waals surface area contributed by atoms with E-state index in [1.165, 1.54) is 18.2 Å². The summed E-state index contributed by atoms with van der Waals surface area (Å²) in [5, 5.41) is 11.8. The van der Waals surface area contributed by atoms with Crippen LogP contribution < -0.4 is 10.0 Å². The normalized spacial score (nSPS) is 15.3. The third-order valence-electron chi connectivity index (χ3n) is 6.31. The maximum absolute atomic E-state index is 14.4. The second-order valence-electron chi connectivity index (χ2n) is 9.96. The van der Waals surface area contributed by atoms with Gasteiger partial charge in [0.2, 0.25) is 0 Å². The average molecular weight is 536 g/mol. The topological polar surface area (TPSA) is 98.1 Å². The summed E-state index contributed by atoms with van der Waals surface area (Å²) in [6, 6.07) is 9.38. The summed E-state index contributed by atoms with van der Waals surface area (Å²) in [7, 11) is -2.23. The summed E-state index contributed by atoms with van der Waals surface area (Å²) < 4.78 is 50.4. The van der Waals surface area contributed by atoms with Crippen molar-refractivity contribution in [3.05, 3.63) is 58.6 Å². The Morgan fingerprint density at radius 2 is 1.81 bits per heavy atom. The number of nitrogens with one attached hydrogen (secondary N) is 2. The molecule has 0 spiro atoms. The molecule has 0 atom stereocenters. The van der Waals surface area contributed by atoms with Crippen molar-refractivity contribution in [3.8, 4) is 11.4 Å². The van der Waals surface area contributed by atoms with E-state index in [4.69, 9.17) is 16.3 Å². The number of halogens is 2. The van der Waals surface area contributed by atoms with E-state index in [0.717, 1.165) is 37.7 Å². The van der Waals surface area contributed by atoms with Crippen molar-refractivity contribution in [1.29, 1.82) is 0 Å². The zero-order valence-electron chi connectivity index (χ0n) is 20.8. The molecule has 8 nitrogen and oxygen atoms in total. The molecule has 0 saturated carbocycles. The van der Waals surface area contributed by atoms with E-state index in [1.54, 1.807) is 23.7 Å². The Kier molecular flexibility index (Phi) is 7.70. The quantitative estimate of drug-likeness (QED) is 0.457. The van der Waals surface area contributed by atoms with Gasteiger partial charge in [-0.3, -0.25) is 4.72 Å². The van der Waals surface area contributed by atoms with Crippen LogP contribution in [-0.2, 0) is 33.8 Å². The van der Waals surface area contributed by atoms with Crippen LogP contribution in [-0.4, -0.2) is 42.4 Å². The number of anilines is 1. The Balaban J connectivity index is 1.62. The largest absolute Gasteiger partial charge is 0.381 e. The first-order chi connectivity index (χ1) is 17.0. The molecule has 1 aliphatic rings. The molecule has 1 aromatic heterocycles. The number of hydrogen-bond donors (Lipinski definition) is 2. The molecular weight excluding hydrogens is 505 g/mol. The van der Waals surface area contributed by atoms with E-state index in [0.29, 0.717) is 29.8 Å². The Labute approximate surface area is 216 Å². The molecule has 11 heteroatoms. The first-order valence-corrected chi connectivity index (χ1v) is 13.6. The summed E-state index contributed by atoms with van der Waals surface area (Å²) in [6.07, 6.45) is 1.84. The summed E-state index contributed by atoms with van der Waals surface area (Å²) in [5.74, 6) is 0.273. The first-order valence-electron chi connectivity index (χ1n) is 11.8. The molecule has 2 aromatic carbocycles. The third kappa shape index (κ3) is 5.88. The van der Waals surface area contributed by atoms with Crippen LogP contribution in [0.4, 0.5) is 10.1 Å². The predicted molar refractivity (Wildman–Crippen MR) is 138 cm³/mol. The van der Waals surface area contributed by atoms with Crippen molar-refractivity contribution in [2.75, 3.05) is 17.9 Å². The molecule has 0 aliphatic carbocycles. The van der Waals surface area contributed by atoms with Crippen molar-refractivity contribution in [2.45, 2.75) is 56.5 Å². The fraction of sp³-hybridized carbons (Fsp3) is 0.440. The van der Waals surface area contributed by atoms with Crippen molar-refractivity contribution >= 4 is 27.3 Å². The zero-order valence-corrected chi connectivity index (χ0v) is 22.4. The lowest BCUT2D eigenvalue weighted by Crippen LogP contribution is -2.34. The molecule has 36 heavy (non-hydrogen) atoms. The Morgan fingerprint density at radius 3 is 2.44 bits per heavy atom. The highest BCUT2D eigenvalue weighted by molar-refractivity contribution is 7.92. The van der Waals surface area contributed by atoms with Gasteiger partial charge in [-0.15, -0.1) is 10.2 Å². The van der Waals surface area contributed by atoms with Crippen LogP contribution in [0.3, 0.4) is 0 Å². The summed E-state index contributed by atoms with van der Waals surface area (Å²) in [5.41, 5.74) is 1.23. The average Bonchev–Trinajstić information content (AvgIpc) is 3.20. The molecule has 3 aromatic rings. The lowest BCUT2D eigenvalue weighted by atomic mass is 9.87. The molecular formula is C25H31ClFN5O3S. The van der Waals surface area contributed by atoms with Crippen molar-refractivity contribution < 1.29 is 17.5 Å². The van der Waals surface area contributed by atoms with Crippen molar-refractivity contribution in [2.24, 2.45) is 7.05 Å². The van der Waals surface area contributed by atoms with Gasteiger partial charge in [0.05, 0.1) is 22.2 Å². The maximum Gasteiger partial charge on any atom is 0.261 e. The number of benzene rings is 2. The first kappa shape index (κ1) is 26.5. The minimum Gasteiger partial charge on any atom is -0.381 e. The van der Waals surface area contributed by atoms with Gasteiger partial charge in [0.15, 0.2) is 5.82 Å². The number of hydrogen-bond acceptors (Lipinski definition) is 6. The lowest BCUT2D eigenvalue weighted by molar-refractivity contribution is 0.0773. The fourth-order valence-corrected chi connectivity index (χ4v) is 5.28. The van der Waals surface area contributed by atoms with Gasteiger partial charge in [-0.25, -0.2) is 12.8 Å². The van der Waals surface area contributed by atoms with Gasteiger partial charge >= 0.3 is 0 Å². The highest BCUT2D eigenvalue weighted by Crippen LogP contribution is 2.34. The van der Waals surface area contributed by atoms with Gasteiger partial charge in [-0.05, 0) is 42.0 Å². The second kappa shape index (κ2) is 10.5. The molecule has 1 fully saturated rings. The van der Waals surface area contributed by atoms with E-state index < -0.39 is 15.8 Å². The van der Waals surface area contributed by atoms with Crippen LogP contribution in [0.5, 0.6) is 0 Å². The monoisotopic (exact) mass is 535 g/mol. The molecule has 0 radical (unpaired) electrons. The molecule has 0 amide bonds. The number of nitrogens with zero attached hydrogens (tertiary/aromatic N) is 3. The highest BCUT2D eigenvalue weighted by atomic mass is 35.5. The van der Waals surface area contributed by atoms with Crippen LogP contribution in [0.25, 0.3) is 11.4 Å².